The van der Waals surface area contributed by atoms with Crippen molar-refractivity contribution in [3.05, 3.63) is 29.8 Å². The summed E-state index contributed by atoms with van der Waals surface area (Å²) in [5, 5.41) is 3.36. The molecule has 1 aliphatic carbocycles. The SMILES string of the molecule is O=C(c1ccc(OCCCN2CCNCC2)cc1)C1CC1. The monoisotopic (exact) mass is 288 g/mol. The number of rotatable bonds is 7. The van der Waals surface area contributed by atoms with Crippen molar-refractivity contribution in [3.63, 3.8) is 0 Å². The number of Topliss-reactive ketones (excluding diaryl/α,β-unsaturated/α-hetero) is 1. The van der Waals surface area contributed by atoms with Crippen molar-refractivity contribution >= 4 is 5.78 Å². The van der Waals surface area contributed by atoms with Gasteiger partial charge in [-0.1, -0.05) is 0 Å². The van der Waals surface area contributed by atoms with Crippen LogP contribution in [0.5, 0.6) is 5.75 Å². The standard InChI is InChI=1S/C17H24N2O2/c20-17(14-2-3-14)15-4-6-16(7-5-15)21-13-1-10-19-11-8-18-9-12-19/h4-7,14,18H,1-3,8-13H2. The second kappa shape index (κ2) is 7.05. The van der Waals surface area contributed by atoms with Gasteiger partial charge >= 0.3 is 0 Å². The van der Waals surface area contributed by atoms with Crippen LogP contribution in [0.4, 0.5) is 0 Å². The van der Waals surface area contributed by atoms with E-state index < -0.39 is 0 Å². The highest BCUT2D eigenvalue weighted by molar-refractivity contribution is 5.99. The van der Waals surface area contributed by atoms with E-state index in [1.807, 2.05) is 24.3 Å². The number of carbonyl (C=O) groups is 1. The third-order valence-electron chi connectivity index (χ3n) is 4.18. The Kier molecular flexibility index (Phi) is 4.88. The number of ketones is 1. The topological polar surface area (TPSA) is 41.6 Å². The van der Waals surface area contributed by atoms with E-state index in [0.29, 0.717) is 5.78 Å². The normalized spacial score (nSPS) is 19.4. The van der Waals surface area contributed by atoms with Gasteiger partial charge in [-0.3, -0.25) is 4.79 Å². The van der Waals surface area contributed by atoms with Crippen LogP contribution in [-0.4, -0.2) is 50.0 Å². The van der Waals surface area contributed by atoms with E-state index in [4.69, 9.17) is 4.74 Å². The van der Waals surface area contributed by atoms with Crippen LogP contribution >= 0.6 is 0 Å². The van der Waals surface area contributed by atoms with E-state index in [1.54, 1.807) is 0 Å². The molecule has 1 aromatic rings. The molecule has 1 aliphatic heterocycles. The number of ether oxygens (including phenoxy) is 1. The van der Waals surface area contributed by atoms with Gasteiger partial charge in [0.15, 0.2) is 5.78 Å². The first-order valence-corrected chi connectivity index (χ1v) is 8.03. The summed E-state index contributed by atoms with van der Waals surface area (Å²) in [4.78, 5) is 14.4. The van der Waals surface area contributed by atoms with E-state index in [1.165, 1.54) is 0 Å². The lowest BCUT2D eigenvalue weighted by Crippen LogP contribution is -2.43. The van der Waals surface area contributed by atoms with Crippen LogP contribution < -0.4 is 10.1 Å². The second-order valence-electron chi connectivity index (χ2n) is 5.96. The van der Waals surface area contributed by atoms with E-state index in [9.17, 15) is 4.79 Å². The minimum absolute atomic E-state index is 0.288. The lowest BCUT2D eigenvalue weighted by Gasteiger charge is -2.26. The Morgan fingerprint density at radius 1 is 1.19 bits per heavy atom. The third-order valence-corrected chi connectivity index (χ3v) is 4.18. The smallest absolute Gasteiger partial charge is 0.165 e. The van der Waals surface area contributed by atoms with Crippen molar-refractivity contribution in [1.29, 1.82) is 0 Å². The molecule has 2 aliphatic rings. The second-order valence-corrected chi connectivity index (χ2v) is 5.96. The minimum atomic E-state index is 0.288. The quantitative estimate of drug-likeness (QED) is 0.615. The molecule has 0 spiro atoms. The van der Waals surface area contributed by atoms with E-state index in [0.717, 1.165) is 69.9 Å². The molecule has 1 heterocycles. The zero-order valence-electron chi connectivity index (χ0n) is 12.5. The number of hydrogen-bond donors (Lipinski definition) is 1. The molecule has 114 valence electrons. The molecule has 1 aromatic carbocycles. The number of nitrogens with one attached hydrogen (secondary N) is 1. The Balaban J connectivity index is 1.37. The van der Waals surface area contributed by atoms with Crippen molar-refractivity contribution in [2.75, 3.05) is 39.3 Å². The van der Waals surface area contributed by atoms with Crippen LogP contribution in [0.2, 0.25) is 0 Å². The molecular formula is C17H24N2O2. The number of piperazine rings is 1. The molecule has 4 nitrogen and oxygen atoms in total. The highest BCUT2D eigenvalue weighted by Gasteiger charge is 2.30. The third kappa shape index (κ3) is 4.29. The van der Waals surface area contributed by atoms with Gasteiger partial charge in [0, 0.05) is 44.2 Å². The molecule has 1 N–H and O–H groups in total. The van der Waals surface area contributed by atoms with Gasteiger partial charge in [0.1, 0.15) is 5.75 Å². The summed E-state index contributed by atoms with van der Waals surface area (Å²) in [6.07, 6.45) is 3.16. The zero-order valence-corrected chi connectivity index (χ0v) is 12.5. The summed E-state index contributed by atoms with van der Waals surface area (Å²) in [5.74, 6) is 1.44. The average molecular weight is 288 g/mol. The van der Waals surface area contributed by atoms with Gasteiger partial charge in [0.05, 0.1) is 6.61 Å². The minimum Gasteiger partial charge on any atom is -0.494 e. The van der Waals surface area contributed by atoms with Gasteiger partial charge in [0.25, 0.3) is 0 Å². The Hall–Kier alpha value is -1.39. The van der Waals surface area contributed by atoms with Crippen LogP contribution in [0, 0.1) is 5.92 Å². The molecule has 2 fully saturated rings. The Bertz CT molecular complexity index is 462. The molecule has 0 atom stereocenters. The number of hydrogen-bond acceptors (Lipinski definition) is 4. The highest BCUT2D eigenvalue weighted by atomic mass is 16.5. The number of benzene rings is 1. The predicted molar refractivity (Wildman–Crippen MR) is 82.9 cm³/mol. The maximum atomic E-state index is 11.9. The van der Waals surface area contributed by atoms with Gasteiger partial charge in [0.2, 0.25) is 0 Å². The summed E-state index contributed by atoms with van der Waals surface area (Å²) < 4.78 is 5.75. The molecule has 3 rings (SSSR count). The molecule has 0 amide bonds. The molecule has 1 saturated carbocycles. The number of carbonyl (C=O) groups excluding carboxylic acids is 1. The molecule has 0 radical (unpaired) electrons. The summed E-state index contributed by atoms with van der Waals surface area (Å²) in [5.41, 5.74) is 0.825. The van der Waals surface area contributed by atoms with Crippen molar-refractivity contribution in [1.82, 2.24) is 10.2 Å². The summed E-state index contributed by atoms with van der Waals surface area (Å²) in [6, 6.07) is 7.62. The van der Waals surface area contributed by atoms with Crippen molar-refractivity contribution in [3.8, 4) is 5.75 Å². The van der Waals surface area contributed by atoms with E-state index in [-0.39, 0.29) is 5.92 Å². The maximum Gasteiger partial charge on any atom is 0.165 e. The summed E-state index contributed by atoms with van der Waals surface area (Å²) in [6.45, 7) is 6.30. The molecule has 0 bridgehead atoms. The van der Waals surface area contributed by atoms with Crippen LogP contribution in [0.3, 0.4) is 0 Å². The van der Waals surface area contributed by atoms with Crippen molar-refractivity contribution in [2.24, 2.45) is 5.92 Å². The van der Waals surface area contributed by atoms with Crippen LogP contribution in [0.25, 0.3) is 0 Å². The maximum absolute atomic E-state index is 11.9. The van der Waals surface area contributed by atoms with Gasteiger partial charge in [-0.2, -0.15) is 0 Å². The molecule has 0 unspecified atom stereocenters. The zero-order chi connectivity index (χ0) is 14.5. The van der Waals surface area contributed by atoms with Gasteiger partial charge in [-0.15, -0.1) is 0 Å². The van der Waals surface area contributed by atoms with E-state index >= 15 is 0 Å². The lowest BCUT2D eigenvalue weighted by molar-refractivity contribution is 0.0967. The highest BCUT2D eigenvalue weighted by Crippen LogP contribution is 2.32. The first-order valence-electron chi connectivity index (χ1n) is 8.03. The Labute approximate surface area is 126 Å². The molecular weight excluding hydrogens is 264 g/mol. The van der Waals surface area contributed by atoms with Gasteiger partial charge in [-0.25, -0.2) is 0 Å². The van der Waals surface area contributed by atoms with Gasteiger partial charge < -0.3 is 15.0 Å². The Morgan fingerprint density at radius 3 is 2.57 bits per heavy atom. The first kappa shape index (κ1) is 14.5. The number of nitrogens with zero attached hydrogens (tertiary/aromatic N) is 1. The van der Waals surface area contributed by atoms with Crippen molar-refractivity contribution < 1.29 is 9.53 Å². The van der Waals surface area contributed by atoms with Crippen LogP contribution in [0.1, 0.15) is 29.6 Å². The first-order chi connectivity index (χ1) is 10.3. The lowest BCUT2D eigenvalue weighted by atomic mass is 10.1. The largest absolute Gasteiger partial charge is 0.494 e. The molecule has 0 aromatic heterocycles. The fraction of sp³-hybridized carbons (Fsp3) is 0.588. The molecule has 1 saturated heterocycles. The predicted octanol–water partition coefficient (Wildman–Crippen LogP) is 1.95. The molecule has 4 heteroatoms. The average Bonchev–Trinajstić information content (AvgIpc) is 3.37. The van der Waals surface area contributed by atoms with Gasteiger partial charge in [-0.05, 0) is 43.5 Å². The summed E-state index contributed by atoms with van der Waals surface area (Å²) >= 11 is 0. The molecule has 21 heavy (non-hydrogen) atoms. The van der Waals surface area contributed by atoms with Crippen LogP contribution in [-0.2, 0) is 0 Å². The Morgan fingerprint density at radius 2 is 1.90 bits per heavy atom. The van der Waals surface area contributed by atoms with Crippen molar-refractivity contribution in [2.45, 2.75) is 19.3 Å². The van der Waals surface area contributed by atoms with E-state index in [2.05, 4.69) is 10.2 Å². The fourth-order valence-corrected chi connectivity index (χ4v) is 2.71. The summed E-state index contributed by atoms with van der Waals surface area (Å²) in [7, 11) is 0. The fourth-order valence-electron chi connectivity index (χ4n) is 2.71. The van der Waals surface area contributed by atoms with Crippen LogP contribution in [0.15, 0.2) is 24.3 Å².